The molecule has 1 aromatic carbocycles. The van der Waals surface area contributed by atoms with Gasteiger partial charge in [-0.25, -0.2) is 10.8 Å². The highest BCUT2D eigenvalue weighted by Crippen LogP contribution is 2.32. The van der Waals surface area contributed by atoms with Gasteiger partial charge in [0.2, 0.25) is 5.95 Å². The van der Waals surface area contributed by atoms with Crippen LogP contribution < -0.4 is 27.2 Å². The molecule has 3 rings (SSSR count). The fourth-order valence-electron chi connectivity index (χ4n) is 2.53. The normalized spacial score (nSPS) is 17.1. The Balaban J connectivity index is 1.94. The second-order valence-electron chi connectivity index (χ2n) is 5.54. The Morgan fingerprint density at radius 2 is 2.12 bits per heavy atom. The molecule has 0 amide bonds. The predicted octanol–water partition coefficient (Wildman–Crippen LogP) is 0.586. The molecule has 10 heteroatoms. The standard InChI is InChI=1S/C14H18N8OS/c15-10-2-1-8(5-12(10)20-24)22(17)13-11(16)6-18-14(19-13)21-4-3-9(23)7-21/h1-2,5-6,9,23H,3-4,7,15-17H2. The SMILES string of the molecule is Nc1ccc(N(N)c2nc(N3CCC(O)C3)ncc2N)cc1N=S. The average molecular weight is 346 g/mol. The van der Waals surface area contributed by atoms with E-state index in [1.165, 1.54) is 11.2 Å². The zero-order valence-corrected chi connectivity index (χ0v) is 13.6. The summed E-state index contributed by atoms with van der Waals surface area (Å²) in [4.78, 5) is 10.5. The molecule has 0 aliphatic carbocycles. The molecule has 0 bridgehead atoms. The molecular formula is C14H18N8OS. The van der Waals surface area contributed by atoms with Crippen molar-refractivity contribution in [2.24, 2.45) is 10.2 Å². The third-order valence-corrected chi connectivity index (χ3v) is 4.04. The third kappa shape index (κ3) is 3.07. The van der Waals surface area contributed by atoms with Gasteiger partial charge in [-0.2, -0.15) is 9.35 Å². The number of nitrogens with two attached hydrogens (primary N) is 3. The van der Waals surface area contributed by atoms with Crippen LogP contribution in [0.3, 0.4) is 0 Å². The van der Waals surface area contributed by atoms with Gasteiger partial charge in [0.05, 0.1) is 29.4 Å². The number of aliphatic hydroxyl groups excluding tert-OH is 1. The summed E-state index contributed by atoms with van der Waals surface area (Å²) in [6, 6.07) is 5.04. The topological polar surface area (TPSA) is 143 Å². The zero-order chi connectivity index (χ0) is 17.3. The molecule has 24 heavy (non-hydrogen) atoms. The van der Waals surface area contributed by atoms with E-state index >= 15 is 0 Å². The maximum absolute atomic E-state index is 9.67. The number of aromatic nitrogens is 2. The van der Waals surface area contributed by atoms with Crippen LogP contribution in [-0.2, 0) is 12.4 Å². The van der Waals surface area contributed by atoms with Crippen LogP contribution in [-0.4, -0.2) is 34.3 Å². The predicted molar refractivity (Wildman–Crippen MR) is 95.9 cm³/mol. The number of aliphatic hydroxyl groups is 1. The van der Waals surface area contributed by atoms with Crippen molar-refractivity contribution in [3.8, 4) is 0 Å². The Bertz CT molecular complexity index is 770. The number of hydrogen-bond acceptors (Lipinski definition) is 10. The van der Waals surface area contributed by atoms with Crippen molar-refractivity contribution in [1.29, 1.82) is 0 Å². The second-order valence-corrected chi connectivity index (χ2v) is 5.72. The Hall–Kier alpha value is -2.56. The van der Waals surface area contributed by atoms with E-state index in [1.54, 1.807) is 18.2 Å². The lowest BCUT2D eigenvalue weighted by Gasteiger charge is -2.22. The van der Waals surface area contributed by atoms with Gasteiger partial charge in [-0.1, -0.05) is 0 Å². The number of rotatable bonds is 4. The van der Waals surface area contributed by atoms with Crippen LogP contribution in [0.4, 0.5) is 34.5 Å². The highest BCUT2D eigenvalue weighted by molar-refractivity contribution is 7.47. The molecular weight excluding hydrogens is 328 g/mol. The maximum Gasteiger partial charge on any atom is 0.227 e. The van der Waals surface area contributed by atoms with Crippen molar-refractivity contribution >= 4 is 46.9 Å². The van der Waals surface area contributed by atoms with Crippen LogP contribution in [0.2, 0.25) is 0 Å². The number of nitrogen functional groups attached to an aromatic ring is 2. The molecule has 1 saturated heterocycles. The van der Waals surface area contributed by atoms with Gasteiger partial charge in [0.25, 0.3) is 0 Å². The summed E-state index contributed by atoms with van der Waals surface area (Å²) in [6.45, 7) is 1.16. The molecule has 1 aromatic heterocycles. The smallest absolute Gasteiger partial charge is 0.227 e. The molecule has 1 aliphatic rings. The van der Waals surface area contributed by atoms with Crippen LogP contribution in [0.15, 0.2) is 28.8 Å². The first-order chi connectivity index (χ1) is 11.5. The summed E-state index contributed by atoms with van der Waals surface area (Å²) in [6.07, 6.45) is 1.80. The summed E-state index contributed by atoms with van der Waals surface area (Å²) in [7, 11) is 0. The molecule has 7 N–H and O–H groups in total. The number of hydrogen-bond donors (Lipinski definition) is 4. The molecule has 0 spiro atoms. The maximum atomic E-state index is 9.67. The summed E-state index contributed by atoms with van der Waals surface area (Å²) < 4.78 is 3.69. The van der Waals surface area contributed by atoms with Gasteiger partial charge in [-0.05, 0) is 24.6 Å². The van der Waals surface area contributed by atoms with Crippen molar-refractivity contribution < 1.29 is 5.11 Å². The largest absolute Gasteiger partial charge is 0.397 e. The first kappa shape index (κ1) is 16.3. The minimum Gasteiger partial charge on any atom is -0.397 e. The summed E-state index contributed by atoms with van der Waals surface area (Å²) in [5.74, 6) is 6.98. The number of β-amino-alcohol motifs (C(OH)–C–C–N with tert-alkyl or cyclic N) is 1. The molecule has 2 aromatic rings. The zero-order valence-electron chi connectivity index (χ0n) is 12.8. The summed E-state index contributed by atoms with van der Waals surface area (Å²) >= 11 is 4.70. The first-order valence-corrected chi connectivity index (χ1v) is 7.69. The van der Waals surface area contributed by atoms with E-state index in [4.69, 9.17) is 29.7 Å². The quantitative estimate of drug-likeness (QED) is 0.355. The lowest BCUT2D eigenvalue weighted by atomic mass is 10.2. The minimum atomic E-state index is -0.378. The van der Waals surface area contributed by atoms with E-state index in [-0.39, 0.29) is 6.10 Å². The number of nitrogens with zero attached hydrogens (tertiary/aromatic N) is 5. The van der Waals surface area contributed by atoms with Crippen molar-refractivity contribution in [1.82, 2.24) is 9.97 Å². The Morgan fingerprint density at radius 1 is 1.33 bits per heavy atom. The number of hydrazine groups is 1. The molecule has 0 saturated carbocycles. The molecule has 9 nitrogen and oxygen atoms in total. The molecule has 1 aliphatic heterocycles. The third-order valence-electron chi connectivity index (χ3n) is 3.85. The Morgan fingerprint density at radius 3 is 2.79 bits per heavy atom. The van der Waals surface area contributed by atoms with Gasteiger partial charge in [-0.3, -0.25) is 5.01 Å². The van der Waals surface area contributed by atoms with Crippen LogP contribution in [0.5, 0.6) is 0 Å². The van der Waals surface area contributed by atoms with Crippen LogP contribution in [0.25, 0.3) is 0 Å². The molecule has 1 fully saturated rings. The van der Waals surface area contributed by atoms with Gasteiger partial charge in [0, 0.05) is 25.5 Å². The van der Waals surface area contributed by atoms with Gasteiger partial charge in [0.15, 0.2) is 5.82 Å². The lowest BCUT2D eigenvalue weighted by Crippen LogP contribution is -2.29. The van der Waals surface area contributed by atoms with Crippen LogP contribution in [0.1, 0.15) is 6.42 Å². The van der Waals surface area contributed by atoms with Crippen molar-refractivity contribution in [2.75, 3.05) is 34.5 Å². The van der Waals surface area contributed by atoms with E-state index in [1.807, 2.05) is 4.90 Å². The molecule has 126 valence electrons. The van der Waals surface area contributed by atoms with Gasteiger partial charge in [0.1, 0.15) is 5.69 Å². The summed E-state index contributed by atoms with van der Waals surface area (Å²) in [5, 5.41) is 11.0. The first-order valence-electron chi connectivity index (χ1n) is 7.33. The van der Waals surface area contributed by atoms with Crippen LogP contribution in [0, 0.1) is 0 Å². The van der Waals surface area contributed by atoms with E-state index in [0.29, 0.717) is 54.0 Å². The fraction of sp³-hybridized carbons (Fsp3) is 0.286. The molecule has 0 radical (unpaired) electrons. The molecule has 1 unspecified atom stereocenters. The van der Waals surface area contributed by atoms with Gasteiger partial charge >= 0.3 is 0 Å². The number of anilines is 5. The Kier molecular flexibility index (Phi) is 4.42. The highest BCUT2D eigenvalue weighted by Gasteiger charge is 2.24. The molecule has 1 atom stereocenters. The monoisotopic (exact) mass is 346 g/mol. The minimum absolute atomic E-state index is 0.328. The molecule has 2 heterocycles. The number of benzene rings is 1. The second kappa shape index (κ2) is 6.51. The van der Waals surface area contributed by atoms with E-state index in [0.717, 1.165) is 0 Å². The van der Waals surface area contributed by atoms with Gasteiger partial charge < -0.3 is 21.5 Å². The fourth-order valence-corrected chi connectivity index (χ4v) is 2.68. The van der Waals surface area contributed by atoms with Crippen LogP contribution >= 0.6 is 0 Å². The summed E-state index contributed by atoms with van der Waals surface area (Å²) in [5.41, 5.74) is 13.6. The van der Waals surface area contributed by atoms with E-state index < -0.39 is 0 Å². The lowest BCUT2D eigenvalue weighted by molar-refractivity contribution is 0.198. The Labute approximate surface area is 144 Å². The van der Waals surface area contributed by atoms with Crippen molar-refractivity contribution in [2.45, 2.75) is 12.5 Å². The average Bonchev–Trinajstić information content (AvgIpc) is 3.01. The highest BCUT2D eigenvalue weighted by atomic mass is 32.1. The van der Waals surface area contributed by atoms with E-state index in [2.05, 4.69) is 14.3 Å². The van der Waals surface area contributed by atoms with Crippen molar-refractivity contribution in [3.05, 3.63) is 24.4 Å². The van der Waals surface area contributed by atoms with E-state index in [9.17, 15) is 5.11 Å². The van der Waals surface area contributed by atoms with Gasteiger partial charge in [-0.15, -0.1) is 0 Å². The van der Waals surface area contributed by atoms with Crippen molar-refractivity contribution in [3.63, 3.8) is 0 Å².